The molecule has 2 aromatic carbocycles. The number of aromatic amines is 1. The first-order valence-corrected chi connectivity index (χ1v) is 8.83. The lowest BCUT2D eigenvalue weighted by atomic mass is 10.0. The number of aromatic nitrogens is 2. The van der Waals surface area contributed by atoms with E-state index in [1.165, 1.54) is 14.2 Å². The second kappa shape index (κ2) is 6.75. The van der Waals surface area contributed by atoms with Gasteiger partial charge in [0.1, 0.15) is 16.2 Å². The summed E-state index contributed by atoms with van der Waals surface area (Å²) in [5.41, 5.74) is 2.39. The van der Waals surface area contributed by atoms with Crippen molar-refractivity contribution >= 4 is 23.8 Å². The van der Waals surface area contributed by atoms with Crippen molar-refractivity contribution in [2.45, 2.75) is 6.42 Å². The fraction of sp³-hybridized carbons (Fsp3) is 0.158. The number of hydrogen-bond acceptors (Lipinski definition) is 6. The van der Waals surface area contributed by atoms with Crippen LogP contribution in [0.15, 0.2) is 30.3 Å². The maximum atomic E-state index is 10.1. The van der Waals surface area contributed by atoms with E-state index in [0.29, 0.717) is 33.4 Å². The first-order chi connectivity index (χ1) is 13.0. The van der Waals surface area contributed by atoms with Gasteiger partial charge >= 0.3 is 0 Å². The predicted octanol–water partition coefficient (Wildman–Crippen LogP) is 4.88. The Kier molecular flexibility index (Phi) is 4.41. The number of benzene rings is 2. The van der Waals surface area contributed by atoms with E-state index >= 15 is 0 Å². The van der Waals surface area contributed by atoms with E-state index in [4.69, 9.17) is 38.0 Å². The molecule has 0 saturated carbocycles. The Morgan fingerprint density at radius 3 is 2.56 bits per heavy atom. The van der Waals surface area contributed by atoms with Gasteiger partial charge in [-0.25, -0.2) is 4.98 Å². The van der Waals surface area contributed by atoms with Gasteiger partial charge in [-0.3, -0.25) is 0 Å². The third-order valence-electron chi connectivity index (χ3n) is 4.33. The third kappa shape index (κ3) is 3.09. The maximum Gasteiger partial charge on any atom is 0.205 e. The molecule has 0 amide bonds. The van der Waals surface area contributed by atoms with Gasteiger partial charge in [0.2, 0.25) is 11.6 Å². The average Bonchev–Trinajstić information content (AvgIpc) is 2.67. The summed E-state index contributed by atoms with van der Waals surface area (Å²) in [6, 6.07) is 8.75. The number of phenols is 1. The van der Waals surface area contributed by atoms with E-state index in [1.807, 2.05) is 12.1 Å². The van der Waals surface area contributed by atoms with Crippen LogP contribution in [0, 0.1) is 4.64 Å². The van der Waals surface area contributed by atoms with Gasteiger partial charge in [0, 0.05) is 22.6 Å². The number of rotatable bonds is 3. The molecule has 0 saturated heterocycles. The number of hydrogen-bond donors (Lipinski definition) is 2. The Bertz CT molecular complexity index is 1090. The molecule has 27 heavy (non-hydrogen) atoms. The van der Waals surface area contributed by atoms with Gasteiger partial charge in [-0.05, 0) is 30.3 Å². The zero-order chi connectivity index (χ0) is 19.1. The number of H-pyrrole nitrogens is 1. The third-order valence-corrected chi connectivity index (χ3v) is 4.91. The SMILES string of the molecule is COc1cc(-c2nc(=S)c3c([nH]2)Oc2ccc(Cl)cc2C3)cc(OC)c1O. The summed E-state index contributed by atoms with van der Waals surface area (Å²) < 4.78 is 16.8. The predicted molar refractivity (Wildman–Crippen MR) is 104 cm³/mol. The van der Waals surface area contributed by atoms with Gasteiger partial charge < -0.3 is 24.3 Å². The fourth-order valence-electron chi connectivity index (χ4n) is 2.97. The molecule has 2 N–H and O–H groups in total. The number of methoxy groups -OCH3 is 2. The first kappa shape index (κ1) is 17.6. The van der Waals surface area contributed by atoms with Crippen LogP contribution < -0.4 is 14.2 Å². The lowest BCUT2D eigenvalue weighted by Gasteiger charge is -2.21. The Hall–Kier alpha value is -2.77. The minimum atomic E-state index is -0.0811. The quantitative estimate of drug-likeness (QED) is 0.476. The topological polar surface area (TPSA) is 76.6 Å². The van der Waals surface area contributed by atoms with Crippen LogP contribution in [-0.2, 0) is 6.42 Å². The molecule has 0 fully saturated rings. The minimum Gasteiger partial charge on any atom is -0.502 e. The molecule has 1 aliphatic heterocycles. The number of fused-ring (bicyclic) bond motifs is 2. The monoisotopic (exact) mass is 402 g/mol. The summed E-state index contributed by atoms with van der Waals surface area (Å²) in [5.74, 6) is 2.18. The zero-order valence-electron chi connectivity index (χ0n) is 14.5. The molecule has 0 aliphatic carbocycles. The van der Waals surface area contributed by atoms with Crippen LogP contribution in [0.1, 0.15) is 11.1 Å². The highest BCUT2D eigenvalue weighted by Crippen LogP contribution is 2.41. The molecule has 0 spiro atoms. The number of aromatic hydroxyl groups is 1. The standard InChI is InChI=1S/C19H15ClN2O4S/c1-24-14-7-10(8-15(25-2)16(14)23)17-21-18-12(19(27)22-17)6-9-5-11(20)3-4-13(9)26-18/h3-5,7-8,23H,6H2,1-2H3,(H,21,22,27). The summed E-state index contributed by atoms with van der Waals surface area (Å²) in [4.78, 5) is 7.66. The van der Waals surface area contributed by atoms with Crippen molar-refractivity contribution in [1.82, 2.24) is 9.97 Å². The molecule has 6 nitrogen and oxygen atoms in total. The van der Waals surface area contributed by atoms with Crippen molar-refractivity contribution in [1.29, 1.82) is 0 Å². The van der Waals surface area contributed by atoms with Gasteiger partial charge in [-0.1, -0.05) is 23.8 Å². The average molecular weight is 403 g/mol. The fourth-order valence-corrected chi connectivity index (χ4v) is 3.42. The molecule has 1 aromatic heterocycles. The van der Waals surface area contributed by atoms with Crippen LogP contribution in [-0.4, -0.2) is 29.3 Å². The lowest BCUT2D eigenvalue weighted by Crippen LogP contribution is -2.08. The van der Waals surface area contributed by atoms with Crippen LogP contribution in [0.5, 0.6) is 28.9 Å². The van der Waals surface area contributed by atoms with Gasteiger partial charge in [0.05, 0.1) is 19.8 Å². The lowest BCUT2D eigenvalue weighted by molar-refractivity contribution is 0.340. The Balaban J connectivity index is 1.82. The van der Waals surface area contributed by atoms with Crippen molar-refractivity contribution < 1.29 is 19.3 Å². The summed E-state index contributed by atoms with van der Waals surface area (Å²) in [6.07, 6.45) is 0.579. The van der Waals surface area contributed by atoms with Crippen molar-refractivity contribution in [3.63, 3.8) is 0 Å². The van der Waals surface area contributed by atoms with Crippen molar-refractivity contribution in [3.8, 4) is 40.3 Å². The molecule has 4 rings (SSSR count). The van der Waals surface area contributed by atoms with Crippen LogP contribution in [0.2, 0.25) is 5.02 Å². The molecular formula is C19H15ClN2O4S. The molecule has 1 aliphatic rings. The second-order valence-corrected chi connectivity index (χ2v) is 6.78. The molecule has 3 aromatic rings. The van der Waals surface area contributed by atoms with Gasteiger partial charge in [0.25, 0.3) is 0 Å². The molecule has 2 heterocycles. The Labute approximate surface area is 165 Å². The van der Waals surface area contributed by atoms with Gasteiger partial charge in [-0.2, -0.15) is 0 Å². The Morgan fingerprint density at radius 1 is 1.19 bits per heavy atom. The van der Waals surface area contributed by atoms with Crippen LogP contribution in [0.3, 0.4) is 0 Å². The number of phenolic OH excluding ortho intramolecular Hbond substituents is 1. The van der Waals surface area contributed by atoms with Gasteiger partial charge in [-0.15, -0.1) is 0 Å². The number of nitrogens with zero attached hydrogens (tertiary/aromatic N) is 1. The van der Waals surface area contributed by atoms with E-state index in [1.54, 1.807) is 18.2 Å². The number of halogens is 1. The van der Waals surface area contributed by atoms with E-state index in [2.05, 4.69) is 9.97 Å². The van der Waals surface area contributed by atoms with Crippen molar-refractivity contribution in [2.75, 3.05) is 14.2 Å². The summed E-state index contributed by atoms with van der Waals surface area (Å²) in [5, 5.41) is 10.7. The van der Waals surface area contributed by atoms with Crippen molar-refractivity contribution in [3.05, 3.63) is 51.1 Å². The highest BCUT2D eigenvalue weighted by molar-refractivity contribution is 7.71. The van der Waals surface area contributed by atoms with Crippen LogP contribution in [0.4, 0.5) is 0 Å². The second-order valence-electron chi connectivity index (χ2n) is 5.96. The zero-order valence-corrected chi connectivity index (χ0v) is 16.1. The highest BCUT2D eigenvalue weighted by atomic mass is 35.5. The van der Waals surface area contributed by atoms with Crippen LogP contribution in [0.25, 0.3) is 11.4 Å². The molecule has 8 heteroatoms. The smallest absolute Gasteiger partial charge is 0.205 e. The van der Waals surface area contributed by atoms with Gasteiger partial charge in [0.15, 0.2) is 11.5 Å². The molecule has 0 unspecified atom stereocenters. The highest BCUT2D eigenvalue weighted by Gasteiger charge is 2.22. The minimum absolute atomic E-state index is 0.0811. The van der Waals surface area contributed by atoms with E-state index in [9.17, 15) is 5.11 Å². The molecule has 0 atom stereocenters. The number of nitrogens with one attached hydrogen (secondary N) is 1. The molecule has 138 valence electrons. The first-order valence-electron chi connectivity index (χ1n) is 8.05. The summed E-state index contributed by atoms with van der Waals surface area (Å²) in [6.45, 7) is 0. The molecular weight excluding hydrogens is 388 g/mol. The normalized spacial score (nSPS) is 12.0. The molecule has 0 radical (unpaired) electrons. The number of ether oxygens (including phenoxy) is 3. The van der Waals surface area contributed by atoms with E-state index < -0.39 is 0 Å². The van der Waals surface area contributed by atoms with E-state index in [0.717, 1.165) is 16.9 Å². The molecule has 0 bridgehead atoms. The maximum absolute atomic E-state index is 10.1. The summed E-state index contributed by atoms with van der Waals surface area (Å²) in [7, 11) is 2.93. The van der Waals surface area contributed by atoms with Crippen LogP contribution >= 0.6 is 23.8 Å². The summed E-state index contributed by atoms with van der Waals surface area (Å²) >= 11 is 11.6. The van der Waals surface area contributed by atoms with E-state index in [-0.39, 0.29) is 17.2 Å². The van der Waals surface area contributed by atoms with Crippen molar-refractivity contribution in [2.24, 2.45) is 0 Å². The largest absolute Gasteiger partial charge is 0.502 e. The Morgan fingerprint density at radius 2 is 1.89 bits per heavy atom.